The fraction of sp³-hybridized carbons (Fsp3) is 0.165. The maximum atomic E-state index is 7.32. The Morgan fingerprint density at radius 1 is 0.237 bits per heavy atom. The SMILES string of the molecule is CC.CC.CC.CC.CC.CC.CC.CC.CC#N.c1ccc(-c2cc(-c3ccccc3)ncn2)cc1.c1ccc(-c2cccc(-c3ncnc(-c4ccccc4)n3)c2)cc1.c1ccc2c(c1)oc1ccccc12.c1ccc2ccccc2c1.c1ccc2nc3c(ccc4ccccc43)cc2c1.c1ccccc1.c1ncncn1. The maximum Gasteiger partial charge on any atom is 0.163 e. The topological polar surface area (TPSA) is 153 Å². The molecule has 0 saturated heterocycles. The second-order valence-corrected chi connectivity index (χ2v) is 21.6. The summed E-state index contributed by atoms with van der Waals surface area (Å²) in [7, 11) is 0. The lowest BCUT2D eigenvalue weighted by Crippen LogP contribution is -1.95. The molecule has 0 unspecified atom stereocenters. The van der Waals surface area contributed by atoms with E-state index in [0.29, 0.717) is 11.6 Å². The van der Waals surface area contributed by atoms with E-state index in [9.17, 15) is 0 Å². The largest absolute Gasteiger partial charge is 0.456 e. The van der Waals surface area contributed by atoms with E-state index in [1.165, 1.54) is 74.6 Å². The number of hydrogen-bond acceptors (Lipinski definition) is 11. The molecule has 18 rings (SSSR count). The van der Waals surface area contributed by atoms with E-state index in [1.807, 2.05) is 293 Å². The number of benzene rings is 13. The standard InChI is InChI=1S/C21H15N3.C17H11N.C16H12N2.C12H8O.C10H8.C6H6.C3H3N3.C2H3N.8C2H6/c1-3-8-16(9-4-1)18-12-7-13-19(14-18)21-23-15-22-20(24-21)17-10-5-2-6-11-17;1-3-7-15-12(5-1)9-10-14-11-13-6-2-4-8-16(13)18-17(14)15;1-3-7-13(8-4-1)15-11-16(18-12-17-15)14-9-5-2-6-10-14;1-3-7-11-9(5-1)10-6-2-4-8-12(10)13-11;1-2-6-10-8-4-3-7-9(10)5-1;1-2-4-6-5-3-1;1-4-2-6-3-5-1;1-2-3;8*1-2/h1-15H;1-11H;1-12H;1-8H;1-8H;1-6H;1-3H;1H3;8*1-2H3. The highest BCUT2D eigenvalue weighted by Crippen LogP contribution is 2.30. The molecule has 114 heavy (non-hydrogen) atoms. The Labute approximate surface area is 679 Å². The normalized spacial score (nSPS) is 9.09. The van der Waals surface area contributed by atoms with Crippen LogP contribution in [0.1, 0.15) is 118 Å². The van der Waals surface area contributed by atoms with Gasteiger partial charge in [0.1, 0.15) is 42.8 Å². The molecule has 0 aliphatic heterocycles. The third kappa shape index (κ3) is 31.8. The molecule has 582 valence electrons. The number of hydrogen-bond donors (Lipinski definition) is 0. The first-order valence-electron chi connectivity index (χ1n) is 39.7. The second kappa shape index (κ2) is 60.3. The van der Waals surface area contributed by atoms with Gasteiger partial charge in [0.15, 0.2) is 11.6 Å². The molecule has 0 amide bonds. The van der Waals surface area contributed by atoms with E-state index in [1.54, 1.807) is 18.7 Å². The van der Waals surface area contributed by atoms with Gasteiger partial charge in [0.25, 0.3) is 0 Å². The minimum Gasteiger partial charge on any atom is -0.456 e. The van der Waals surface area contributed by atoms with Crippen molar-refractivity contribution in [3.63, 3.8) is 0 Å². The number of nitriles is 1. The van der Waals surface area contributed by atoms with Gasteiger partial charge in [0, 0.05) is 56.1 Å². The van der Waals surface area contributed by atoms with Crippen LogP contribution in [0.3, 0.4) is 0 Å². The summed E-state index contributed by atoms with van der Waals surface area (Å²) >= 11 is 0. The van der Waals surface area contributed by atoms with E-state index >= 15 is 0 Å². The second-order valence-electron chi connectivity index (χ2n) is 21.6. The van der Waals surface area contributed by atoms with Crippen molar-refractivity contribution >= 4 is 65.3 Å². The number of para-hydroxylation sites is 3. The first-order chi connectivity index (χ1) is 56.6. The molecule has 0 atom stereocenters. The minimum absolute atomic E-state index is 0.682. The van der Waals surface area contributed by atoms with Gasteiger partial charge < -0.3 is 4.42 Å². The summed E-state index contributed by atoms with van der Waals surface area (Å²) in [4.78, 5) is 37.4. The molecule has 5 heterocycles. The highest BCUT2D eigenvalue weighted by molar-refractivity contribution is 6.08. The average Bonchev–Trinajstić information content (AvgIpc) is 0.930. The van der Waals surface area contributed by atoms with Gasteiger partial charge in [-0.3, -0.25) is 0 Å². The van der Waals surface area contributed by atoms with Gasteiger partial charge in [-0.2, -0.15) is 5.26 Å². The van der Waals surface area contributed by atoms with Gasteiger partial charge >= 0.3 is 0 Å². The predicted octanol–water partition coefficient (Wildman–Crippen LogP) is 29.9. The lowest BCUT2D eigenvalue weighted by molar-refractivity contribution is 0.669. The summed E-state index contributed by atoms with van der Waals surface area (Å²) in [5, 5.41) is 17.2. The van der Waals surface area contributed by atoms with Crippen molar-refractivity contribution in [2.45, 2.75) is 118 Å². The van der Waals surface area contributed by atoms with Crippen LogP contribution in [0.4, 0.5) is 0 Å². The molecule has 0 radical (unpaired) electrons. The van der Waals surface area contributed by atoms with Crippen LogP contribution in [0, 0.1) is 11.3 Å². The molecule has 11 nitrogen and oxygen atoms in total. The number of furan rings is 1. The molecule has 0 bridgehead atoms. The Balaban J connectivity index is 0.000000343. The fourth-order valence-electron chi connectivity index (χ4n) is 10.4. The van der Waals surface area contributed by atoms with E-state index in [-0.39, 0.29) is 0 Å². The summed E-state index contributed by atoms with van der Waals surface area (Å²) in [5.74, 6) is 1.37. The molecule has 0 aliphatic rings. The zero-order valence-electron chi connectivity index (χ0n) is 69.8. The summed E-state index contributed by atoms with van der Waals surface area (Å²) in [5.41, 5.74) is 12.5. The van der Waals surface area contributed by atoms with Gasteiger partial charge in [-0.05, 0) is 63.7 Å². The van der Waals surface area contributed by atoms with Crippen molar-refractivity contribution in [2.75, 3.05) is 0 Å². The Hall–Kier alpha value is -13.6. The number of nitrogens with zero attached hydrogens (tertiary/aromatic N) is 10. The molecule has 5 aromatic heterocycles. The van der Waals surface area contributed by atoms with Crippen LogP contribution in [0.2, 0.25) is 0 Å². The van der Waals surface area contributed by atoms with Crippen molar-refractivity contribution in [3.8, 4) is 62.5 Å². The first-order valence-corrected chi connectivity index (χ1v) is 39.7. The van der Waals surface area contributed by atoms with Crippen molar-refractivity contribution in [1.29, 1.82) is 5.26 Å². The van der Waals surface area contributed by atoms with Crippen molar-refractivity contribution in [1.82, 2.24) is 44.9 Å². The predicted molar refractivity (Wildman–Crippen MR) is 492 cm³/mol. The molecule has 11 heteroatoms. The smallest absolute Gasteiger partial charge is 0.163 e. The monoisotopic (exact) mass is 1510 g/mol. The lowest BCUT2D eigenvalue weighted by atomic mass is 10.0. The zero-order valence-corrected chi connectivity index (χ0v) is 69.8. The van der Waals surface area contributed by atoms with E-state index in [2.05, 4.69) is 210 Å². The molecule has 18 aromatic rings. The molecular formula is C103H114N10O. The Bertz CT molecular complexity index is 5090. The zero-order chi connectivity index (χ0) is 83.0. The molecule has 0 saturated carbocycles. The summed E-state index contributed by atoms with van der Waals surface area (Å²) in [6.45, 7) is 33.4. The van der Waals surface area contributed by atoms with Crippen LogP contribution < -0.4 is 0 Å². The molecular weight excluding hydrogens is 1390 g/mol. The van der Waals surface area contributed by atoms with Gasteiger partial charge in [0.05, 0.1) is 28.5 Å². The third-order valence-electron chi connectivity index (χ3n) is 15.1. The van der Waals surface area contributed by atoms with Crippen molar-refractivity contribution in [3.05, 3.63) is 383 Å². The lowest BCUT2D eigenvalue weighted by Gasteiger charge is -2.06. The average molecular weight is 1510 g/mol. The Kier molecular flexibility index (Phi) is 50.0. The van der Waals surface area contributed by atoms with Crippen molar-refractivity contribution in [2.24, 2.45) is 0 Å². The van der Waals surface area contributed by atoms with Crippen LogP contribution in [0.5, 0.6) is 0 Å². The van der Waals surface area contributed by atoms with Gasteiger partial charge in [0.2, 0.25) is 0 Å². The number of aromatic nitrogens is 9. The fourth-order valence-corrected chi connectivity index (χ4v) is 10.4. The number of rotatable bonds is 5. The third-order valence-corrected chi connectivity index (χ3v) is 15.1. The van der Waals surface area contributed by atoms with Gasteiger partial charge in [-0.15, -0.1) is 0 Å². The van der Waals surface area contributed by atoms with E-state index in [0.717, 1.165) is 61.4 Å². The van der Waals surface area contributed by atoms with Gasteiger partial charge in [-0.25, -0.2) is 44.9 Å². The highest BCUT2D eigenvalue weighted by atomic mass is 16.3. The quantitative estimate of drug-likeness (QED) is 0.120. The highest BCUT2D eigenvalue weighted by Gasteiger charge is 2.09. The summed E-state index contributed by atoms with van der Waals surface area (Å²) < 4.78 is 5.65. The van der Waals surface area contributed by atoms with Crippen LogP contribution in [-0.4, -0.2) is 44.9 Å². The van der Waals surface area contributed by atoms with E-state index in [4.69, 9.17) is 14.7 Å². The minimum atomic E-state index is 0.682. The molecule has 13 aromatic carbocycles. The van der Waals surface area contributed by atoms with Gasteiger partial charge in [-0.1, -0.05) is 426 Å². The molecule has 0 N–H and O–H groups in total. The first kappa shape index (κ1) is 94.6. The van der Waals surface area contributed by atoms with Crippen LogP contribution in [0.15, 0.2) is 388 Å². The summed E-state index contributed by atoms with van der Waals surface area (Å²) in [6, 6.07) is 121. The molecule has 0 fully saturated rings. The Morgan fingerprint density at radius 2 is 0.553 bits per heavy atom. The molecule has 0 spiro atoms. The van der Waals surface area contributed by atoms with Crippen molar-refractivity contribution < 1.29 is 4.42 Å². The number of fused-ring (bicyclic) bond motifs is 8. The summed E-state index contributed by atoms with van der Waals surface area (Å²) in [6.07, 6.45) is 7.50. The number of pyridine rings is 1. The Morgan fingerprint density at radius 3 is 0.991 bits per heavy atom. The van der Waals surface area contributed by atoms with Crippen LogP contribution in [-0.2, 0) is 0 Å². The molecule has 0 aliphatic carbocycles. The van der Waals surface area contributed by atoms with Crippen LogP contribution >= 0.6 is 0 Å². The maximum absolute atomic E-state index is 7.32. The van der Waals surface area contributed by atoms with E-state index < -0.39 is 0 Å². The van der Waals surface area contributed by atoms with Crippen LogP contribution in [0.25, 0.3) is 122 Å².